The number of carbonyl (C=O) groups is 1. The first-order valence-electron chi connectivity index (χ1n) is 10.2. The van der Waals surface area contributed by atoms with Gasteiger partial charge in [0.15, 0.2) is 5.60 Å². The molecule has 2 aliphatic heterocycles. The van der Waals surface area contributed by atoms with Crippen molar-refractivity contribution in [1.29, 1.82) is 0 Å². The van der Waals surface area contributed by atoms with E-state index < -0.39 is 5.60 Å². The molecule has 5 rings (SSSR count). The molecule has 0 fully saturated rings. The molecule has 3 aromatic carbocycles. The van der Waals surface area contributed by atoms with Crippen LogP contribution >= 0.6 is 0 Å². The molecular formula is C25H23NO3. The van der Waals surface area contributed by atoms with Crippen molar-refractivity contribution in [2.75, 3.05) is 11.9 Å². The van der Waals surface area contributed by atoms with E-state index >= 15 is 0 Å². The average molecular weight is 385 g/mol. The van der Waals surface area contributed by atoms with E-state index in [1.807, 2.05) is 66.7 Å². The van der Waals surface area contributed by atoms with Crippen LogP contribution in [0.4, 0.5) is 5.69 Å². The predicted octanol–water partition coefficient (Wildman–Crippen LogP) is 5.86. The summed E-state index contributed by atoms with van der Waals surface area (Å²) in [6.45, 7) is 3.02. The summed E-state index contributed by atoms with van der Waals surface area (Å²) in [4.78, 5) is 13.2. The summed E-state index contributed by atoms with van der Waals surface area (Å²) >= 11 is 0. The van der Waals surface area contributed by atoms with E-state index in [0.29, 0.717) is 17.1 Å². The number of hydrogen-bond acceptors (Lipinski definition) is 4. The van der Waals surface area contributed by atoms with E-state index in [1.165, 1.54) is 0 Å². The molecule has 1 N–H and O–H groups in total. The van der Waals surface area contributed by atoms with E-state index in [4.69, 9.17) is 9.47 Å². The normalized spacial score (nSPS) is 15.1. The number of benzene rings is 3. The van der Waals surface area contributed by atoms with Crippen LogP contribution in [-0.2, 0) is 10.3 Å². The summed E-state index contributed by atoms with van der Waals surface area (Å²) in [5.74, 6) is 1.13. The lowest BCUT2D eigenvalue weighted by molar-refractivity contribution is 0.0225. The predicted molar refractivity (Wildman–Crippen MR) is 113 cm³/mol. The van der Waals surface area contributed by atoms with E-state index in [0.717, 1.165) is 48.2 Å². The molecule has 29 heavy (non-hydrogen) atoms. The van der Waals surface area contributed by atoms with E-state index in [-0.39, 0.29) is 5.97 Å². The molecule has 0 bridgehead atoms. The van der Waals surface area contributed by atoms with E-state index in [1.54, 1.807) is 0 Å². The van der Waals surface area contributed by atoms with Gasteiger partial charge in [0.05, 0.1) is 5.56 Å². The van der Waals surface area contributed by atoms with Crippen molar-refractivity contribution < 1.29 is 14.3 Å². The number of hydrogen-bond donors (Lipinski definition) is 1. The second-order valence-corrected chi connectivity index (χ2v) is 7.53. The lowest BCUT2D eigenvalue weighted by atomic mass is 9.77. The Morgan fingerprint density at radius 1 is 0.828 bits per heavy atom. The Hall–Kier alpha value is -3.27. The molecule has 0 aromatic heterocycles. The first-order valence-corrected chi connectivity index (χ1v) is 10.2. The monoisotopic (exact) mass is 385 g/mol. The second-order valence-electron chi connectivity index (χ2n) is 7.53. The average Bonchev–Trinajstić information content (AvgIpc) is 3.05. The quantitative estimate of drug-likeness (QED) is 0.442. The number of nitrogens with one attached hydrogen (secondary N) is 1. The van der Waals surface area contributed by atoms with Gasteiger partial charge in [-0.15, -0.1) is 0 Å². The fourth-order valence-corrected chi connectivity index (χ4v) is 4.41. The first-order chi connectivity index (χ1) is 14.3. The molecule has 2 aliphatic rings. The van der Waals surface area contributed by atoms with Crippen LogP contribution in [0.2, 0.25) is 0 Å². The SMILES string of the molecule is CCCCCNc1cccc2c1C(=O)OC21c2ccccc2Oc2ccccc21. The lowest BCUT2D eigenvalue weighted by Gasteiger charge is -2.36. The molecule has 2 heterocycles. The molecule has 4 nitrogen and oxygen atoms in total. The van der Waals surface area contributed by atoms with Crippen LogP contribution in [0.1, 0.15) is 53.2 Å². The highest BCUT2D eigenvalue weighted by molar-refractivity contribution is 6.02. The van der Waals surface area contributed by atoms with Crippen molar-refractivity contribution in [2.24, 2.45) is 0 Å². The molecule has 0 amide bonds. The summed E-state index contributed by atoms with van der Waals surface area (Å²) < 4.78 is 12.4. The zero-order valence-corrected chi connectivity index (χ0v) is 16.4. The van der Waals surface area contributed by atoms with Gasteiger partial charge in [0.25, 0.3) is 0 Å². The number of fused-ring (bicyclic) bond motifs is 6. The van der Waals surface area contributed by atoms with Crippen molar-refractivity contribution >= 4 is 11.7 Å². The van der Waals surface area contributed by atoms with Gasteiger partial charge in [0.2, 0.25) is 0 Å². The van der Waals surface area contributed by atoms with Crippen LogP contribution in [0, 0.1) is 0 Å². The van der Waals surface area contributed by atoms with E-state index in [9.17, 15) is 4.79 Å². The third kappa shape index (κ3) is 2.63. The van der Waals surface area contributed by atoms with Crippen molar-refractivity contribution in [1.82, 2.24) is 0 Å². The van der Waals surface area contributed by atoms with Crippen molar-refractivity contribution in [2.45, 2.75) is 31.8 Å². The molecule has 0 aliphatic carbocycles. The maximum absolute atomic E-state index is 13.2. The highest BCUT2D eigenvalue weighted by Gasteiger charge is 2.54. The number of carbonyl (C=O) groups excluding carboxylic acids is 1. The molecule has 0 atom stereocenters. The molecule has 1 spiro atoms. The maximum atomic E-state index is 13.2. The van der Waals surface area contributed by atoms with Gasteiger partial charge in [-0.05, 0) is 24.6 Å². The summed E-state index contributed by atoms with van der Waals surface area (Å²) in [5, 5.41) is 3.45. The summed E-state index contributed by atoms with van der Waals surface area (Å²) in [6, 6.07) is 21.5. The van der Waals surface area contributed by atoms with Gasteiger partial charge in [0, 0.05) is 28.9 Å². The van der Waals surface area contributed by atoms with Gasteiger partial charge in [0.1, 0.15) is 11.5 Å². The van der Waals surface area contributed by atoms with Crippen molar-refractivity contribution in [3.8, 4) is 11.5 Å². The Morgan fingerprint density at radius 3 is 2.17 bits per heavy atom. The molecule has 3 aromatic rings. The third-order valence-corrected chi connectivity index (χ3v) is 5.74. The van der Waals surface area contributed by atoms with Gasteiger partial charge in [-0.3, -0.25) is 0 Å². The Bertz CT molecular complexity index is 1040. The zero-order valence-electron chi connectivity index (χ0n) is 16.4. The highest BCUT2D eigenvalue weighted by atomic mass is 16.6. The number of para-hydroxylation sites is 2. The van der Waals surface area contributed by atoms with Gasteiger partial charge in [-0.1, -0.05) is 68.3 Å². The minimum atomic E-state index is -0.987. The van der Waals surface area contributed by atoms with Gasteiger partial charge in [-0.25, -0.2) is 4.79 Å². The maximum Gasteiger partial charge on any atom is 0.342 e. The fourth-order valence-electron chi connectivity index (χ4n) is 4.41. The molecule has 0 saturated carbocycles. The number of anilines is 1. The van der Waals surface area contributed by atoms with Crippen LogP contribution in [0.25, 0.3) is 0 Å². The summed E-state index contributed by atoms with van der Waals surface area (Å²) in [6.07, 6.45) is 3.39. The first kappa shape index (κ1) is 17.8. The van der Waals surface area contributed by atoms with E-state index in [2.05, 4.69) is 12.2 Å². The molecule has 0 unspecified atom stereocenters. The number of ether oxygens (including phenoxy) is 2. The van der Waals surface area contributed by atoms with Gasteiger partial charge >= 0.3 is 5.97 Å². The second kappa shape index (κ2) is 6.96. The molecular weight excluding hydrogens is 362 g/mol. The minimum Gasteiger partial charge on any atom is -0.456 e. The zero-order chi connectivity index (χ0) is 19.8. The molecule has 146 valence electrons. The van der Waals surface area contributed by atoms with Gasteiger partial charge < -0.3 is 14.8 Å². The third-order valence-electron chi connectivity index (χ3n) is 5.74. The van der Waals surface area contributed by atoms with Crippen LogP contribution in [-0.4, -0.2) is 12.5 Å². The number of unbranched alkanes of at least 4 members (excludes halogenated alkanes) is 2. The Morgan fingerprint density at radius 2 is 1.48 bits per heavy atom. The van der Waals surface area contributed by atoms with Crippen LogP contribution in [0.3, 0.4) is 0 Å². The topological polar surface area (TPSA) is 47.6 Å². The Balaban J connectivity index is 1.69. The fraction of sp³-hybridized carbons (Fsp3) is 0.240. The van der Waals surface area contributed by atoms with Gasteiger partial charge in [-0.2, -0.15) is 0 Å². The number of rotatable bonds is 5. The Labute approximate surface area is 170 Å². The molecule has 4 heteroatoms. The minimum absolute atomic E-state index is 0.301. The molecule has 0 radical (unpaired) electrons. The lowest BCUT2D eigenvalue weighted by Crippen LogP contribution is -2.32. The Kier molecular flexibility index (Phi) is 4.27. The highest BCUT2D eigenvalue weighted by Crippen LogP contribution is 2.56. The van der Waals surface area contributed by atoms with Crippen molar-refractivity contribution in [3.63, 3.8) is 0 Å². The van der Waals surface area contributed by atoms with Crippen molar-refractivity contribution in [3.05, 3.63) is 89.0 Å². The van der Waals surface area contributed by atoms with Crippen LogP contribution < -0.4 is 10.1 Å². The van der Waals surface area contributed by atoms with Crippen LogP contribution in [0.15, 0.2) is 66.7 Å². The number of esters is 1. The molecule has 0 saturated heterocycles. The summed E-state index contributed by atoms with van der Waals surface area (Å²) in [7, 11) is 0. The smallest absolute Gasteiger partial charge is 0.342 e. The summed E-state index contributed by atoms with van der Waals surface area (Å²) in [5.41, 5.74) is 3.05. The standard InChI is InChI=1S/C25H23NO3/c1-2-3-8-16-26-20-13-9-12-19-23(20)24(27)29-25(19)17-10-4-6-14-21(17)28-22-15-7-5-11-18(22)25/h4-7,9-15,26H,2-3,8,16H2,1H3. The largest absolute Gasteiger partial charge is 0.456 e. The van der Waals surface area contributed by atoms with Crippen LogP contribution in [0.5, 0.6) is 11.5 Å².